The molecule has 2 aliphatic heterocycles. The standard InChI is InChI=1S/C22H18ClF6N5O/c23-11-4-5-15-14(9-11)13-6-7-34(16(17(13)30-15)10-12-3-1-2-8-35-12)20-32-18(21(24,25)26)31-19(33-20)22(27,28)29/h1-2,4-5,9,12,16,30H,3,6-8,10H2/t12-,16-/m0/s1. The number of hydrogen-bond donors (Lipinski definition) is 1. The molecule has 2 atom stereocenters. The number of aromatic amines is 1. The molecule has 0 aliphatic carbocycles. The molecular formula is C22H18ClF6N5O. The van der Waals surface area contributed by atoms with Crippen molar-refractivity contribution in [3.05, 3.63) is 58.3 Å². The zero-order chi connectivity index (χ0) is 25.0. The Kier molecular flexibility index (Phi) is 5.91. The van der Waals surface area contributed by atoms with Crippen molar-refractivity contribution in [2.45, 2.75) is 43.8 Å². The molecule has 0 spiro atoms. The van der Waals surface area contributed by atoms with Crippen LogP contribution >= 0.6 is 11.6 Å². The number of rotatable bonds is 3. The van der Waals surface area contributed by atoms with Gasteiger partial charge >= 0.3 is 12.4 Å². The number of fused-ring (bicyclic) bond motifs is 3. The number of halogens is 7. The molecule has 5 rings (SSSR count). The van der Waals surface area contributed by atoms with Gasteiger partial charge in [0.25, 0.3) is 0 Å². The van der Waals surface area contributed by atoms with Crippen LogP contribution in [0.15, 0.2) is 30.4 Å². The van der Waals surface area contributed by atoms with Gasteiger partial charge in [0.2, 0.25) is 17.6 Å². The number of nitrogens with zero attached hydrogens (tertiary/aromatic N) is 4. The second kappa shape index (κ2) is 8.66. The predicted molar refractivity (Wildman–Crippen MR) is 115 cm³/mol. The summed E-state index contributed by atoms with van der Waals surface area (Å²) in [4.78, 5) is 14.1. The molecular weight excluding hydrogens is 500 g/mol. The molecule has 186 valence electrons. The van der Waals surface area contributed by atoms with Crippen molar-refractivity contribution in [1.29, 1.82) is 0 Å². The number of nitrogens with one attached hydrogen (secondary N) is 1. The molecule has 1 N–H and O–H groups in total. The summed E-state index contributed by atoms with van der Waals surface area (Å²) in [5, 5.41) is 1.37. The molecule has 0 radical (unpaired) electrons. The Morgan fingerprint density at radius 2 is 1.74 bits per heavy atom. The van der Waals surface area contributed by atoms with E-state index in [4.69, 9.17) is 16.3 Å². The van der Waals surface area contributed by atoms with E-state index in [1.165, 1.54) is 4.90 Å². The fourth-order valence-electron chi connectivity index (χ4n) is 4.56. The first kappa shape index (κ1) is 23.9. The Hall–Kier alpha value is -2.86. The van der Waals surface area contributed by atoms with Gasteiger partial charge in [-0.1, -0.05) is 23.8 Å². The van der Waals surface area contributed by atoms with Crippen molar-refractivity contribution in [3.63, 3.8) is 0 Å². The Labute approximate surface area is 200 Å². The second-order valence-corrected chi connectivity index (χ2v) is 8.78. The molecule has 0 amide bonds. The first-order valence-electron chi connectivity index (χ1n) is 10.7. The van der Waals surface area contributed by atoms with Gasteiger partial charge in [-0.25, -0.2) is 4.98 Å². The summed E-state index contributed by atoms with van der Waals surface area (Å²) in [5.41, 5.74) is 2.32. The number of hydrogen-bond acceptors (Lipinski definition) is 5. The summed E-state index contributed by atoms with van der Waals surface area (Å²) < 4.78 is 86.2. The first-order chi connectivity index (χ1) is 16.5. The van der Waals surface area contributed by atoms with E-state index in [1.54, 1.807) is 18.2 Å². The Morgan fingerprint density at radius 1 is 1.03 bits per heavy atom. The molecule has 0 saturated heterocycles. The van der Waals surface area contributed by atoms with Crippen molar-refractivity contribution in [2.24, 2.45) is 0 Å². The first-order valence-corrected chi connectivity index (χ1v) is 11.1. The van der Waals surface area contributed by atoms with Gasteiger partial charge in [-0.3, -0.25) is 0 Å². The third-order valence-electron chi connectivity index (χ3n) is 6.08. The molecule has 0 unspecified atom stereocenters. The highest BCUT2D eigenvalue weighted by Crippen LogP contribution is 2.41. The highest BCUT2D eigenvalue weighted by atomic mass is 35.5. The molecule has 2 aromatic heterocycles. The van der Waals surface area contributed by atoms with Crippen molar-refractivity contribution in [1.82, 2.24) is 19.9 Å². The topological polar surface area (TPSA) is 66.9 Å². The van der Waals surface area contributed by atoms with Gasteiger partial charge in [0.05, 0.1) is 18.8 Å². The van der Waals surface area contributed by atoms with Crippen molar-refractivity contribution >= 4 is 28.5 Å². The van der Waals surface area contributed by atoms with Crippen LogP contribution in [0.5, 0.6) is 0 Å². The van der Waals surface area contributed by atoms with Crippen molar-refractivity contribution in [2.75, 3.05) is 18.1 Å². The second-order valence-electron chi connectivity index (χ2n) is 8.34. The summed E-state index contributed by atoms with van der Waals surface area (Å²) in [7, 11) is 0. The summed E-state index contributed by atoms with van der Waals surface area (Å²) >= 11 is 6.16. The molecule has 13 heteroatoms. The monoisotopic (exact) mass is 517 g/mol. The van der Waals surface area contributed by atoms with E-state index in [0.717, 1.165) is 16.5 Å². The summed E-state index contributed by atoms with van der Waals surface area (Å²) in [6.45, 7) is 0.465. The van der Waals surface area contributed by atoms with E-state index < -0.39 is 36.0 Å². The largest absolute Gasteiger partial charge is 0.451 e. The Bertz CT molecular complexity index is 1260. The molecule has 6 nitrogen and oxygen atoms in total. The molecule has 1 aromatic carbocycles. The average molecular weight is 518 g/mol. The zero-order valence-corrected chi connectivity index (χ0v) is 18.7. The van der Waals surface area contributed by atoms with Crippen molar-refractivity contribution < 1.29 is 31.1 Å². The maximum atomic E-state index is 13.4. The average Bonchev–Trinajstić information content (AvgIpc) is 3.17. The van der Waals surface area contributed by atoms with Crippen LogP contribution in [-0.2, 0) is 23.5 Å². The van der Waals surface area contributed by atoms with Crippen LogP contribution in [0.2, 0.25) is 5.02 Å². The van der Waals surface area contributed by atoms with Crippen molar-refractivity contribution in [3.8, 4) is 0 Å². The van der Waals surface area contributed by atoms with Crippen LogP contribution in [0.1, 0.15) is 41.8 Å². The molecule has 0 fully saturated rings. The maximum Gasteiger partial charge on any atom is 0.451 e. The predicted octanol–water partition coefficient (Wildman–Crippen LogP) is 5.88. The van der Waals surface area contributed by atoms with Crippen LogP contribution in [0.4, 0.5) is 32.3 Å². The molecule has 3 aromatic rings. The van der Waals surface area contributed by atoms with Crippen LogP contribution in [0.3, 0.4) is 0 Å². The third-order valence-corrected chi connectivity index (χ3v) is 6.32. The van der Waals surface area contributed by atoms with E-state index in [2.05, 4.69) is 19.9 Å². The van der Waals surface area contributed by atoms with Crippen LogP contribution < -0.4 is 4.90 Å². The van der Waals surface area contributed by atoms with E-state index in [-0.39, 0.29) is 12.6 Å². The van der Waals surface area contributed by atoms with Crippen LogP contribution in [0.25, 0.3) is 10.9 Å². The van der Waals surface area contributed by atoms with E-state index in [9.17, 15) is 26.3 Å². The lowest BCUT2D eigenvalue weighted by molar-refractivity contribution is -0.155. The fraction of sp³-hybridized carbons (Fsp3) is 0.409. The minimum atomic E-state index is -5.18. The van der Waals surface area contributed by atoms with Crippen LogP contribution in [0, 0.1) is 0 Å². The summed E-state index contributed by atoms with van der Waals surface area (Å²) in [5.74, 6) is -4.46. The van der Waals surface area contributed by atoms with Gasteiger partial charge in [0.1, 0.15) is 0 Å². The summed E-state index contributed by atoms with van der Waals surface area (Å²) in [6.07, 6.45) is -5.67. The van der Waals surface area contributed by atoms with Gasteiger partial charge in [-0.05, 0) is 43.0 Å². The van der Waals surface area contributed by atoms with Gasteiger partial charge < -0.3 is 14.6 Å². The maximum absolute atomic E-state index is 13.4. The number of alkyl halides is 6. The van der Waals surface area contributed by atoms with Gasteiger partial charge in [-0.2, -0.15) is 36.3 Å². The number of anilines is 1. The SMILES string of the molecule is FC(F)(F)c1nc(N2CCc3c([nH]c4ccc(Cl)cc34)[C@@H]2C[C@@H]2CC=CCO2)nc(C(F)(F)F)n1. The van der Waals surface area contributed by atoms with E-state index in [0.29, 0.717) is 36.6 Å². The van der Waals surface area contributed by atoms with Gasteiger partial charge in [0, 0.05) is 28.2 Å². The highest BCUT2D eigenvalue weighted by Gasteiger charge is 2.43. The lowest BCUT2D eigenvalue weighted by atomic mass is 9.92. The summed E-state index contributed by atoms with van der Waals surface area (Å²) in [6, 6.07) is 4.60. The van der Waals surface area contributed by atoms with Gasteiger partial charge in [0.15, 0.2) is 0 Å². The number of aromatic nitrogens is 4. The van der Waals surface area contributed by atoms with Crippen LogP contribution in [-0.4, -0.2) is 39.2 Å². The molecule has 35 heavy (non-hydrogen) atoms. The molecule has 4 heterocycles. The Morgan fingerprint density at radius 3 is 2.37 bits per heavy atom. The highest BCUT2D eigenvalue weighted by molar-refractivity contribution is 6.31. The number of benzene rings is 1. The zero-order valence-electron chi connectivity index (χ0n) is 17.9. The molecule has 0 bridgehead atoms. The number of H-pyrrole nitrogens is 1. The minimum absolute atomic E-state index is 0.0955. The quantitative estimate of drug-likeness (QED) is 0.347. The molecule has 2 aliphatic rings. The number of ether oxygens (including phenoxy) is 1. The molecule has 0 saturated carbocycles. The fourth-order valence-corrected chi connectivity index (χ4v) is 4.73. The Balaban J connectivity index is 1.64. The normalized spacial score (nSPS) is 20.9. The smallest absolute Gasteiger partial charge is 0.374 e. The lowest BCUT2D eigenvalue weighted by Gasteiger charge is -2.38. The third kappa shape index (κ3) is 4.68. The van der Waals surface area contributed by atoms with Gasteiger partial charge in [-0.15, -0.1) is 0 Å². The lowest BCUT2D eigenvalue weighted by Crippen LogP contribution is -2.40. The van der Waals surface area contributed by atoms with E-state index in [1.807, 2.05) is 12.2 Å². The van der Waals surface area contributed by atoms with E-state index >= 15 is 0 Å². The minimum Gasteiger partial charge on any atom is -0.374 e.